The Balaban J connectivity index is 3.43. The van der Waals surface area contributed by atoms with Crippen molar-refractivity contribution in [3.05, 3.63) is 24.3 Å². The van der Waals surface area contributed by atoms with Gasteiger partial charge in [-0.05, 0) is 57.8 Å². The number of hydrogen-bond acceptors (Lipinski definition) is 5. The summed E-state index contributed by atoms with van der Waals surface area (Å²) in [6.45, 7) is 4.92. The molecule has 2 atom stereocenters. The molecule has 0 aromatic rings. The second-order valence-corrected chi connectivity index (χ2v) is 22.8. The Hall–Kier alpha value is -1.66. The molecule has 6 nitrogen and oxygen atoms in total. The van der Waals surface area contributed by atoms with Crippen LogP contribution < -0.4 is 5.32 Å². The average molecular weight is 1030 g/mol. The summed E-state index contributed by atoms with van der Waals surface area (Å²) in [5.74, 6) is -0.0657. The number of aliphatic hydroxyl groups is 2. The van der Waals surface area contributed by atoms with Gasteiger partial charge < -0.3 is 20.3 Å². The van der Waals surface area contributed by atoms with Crippen LogP contribution in [0.15, 0.2) is 24.3 Å². The summed E-state index contributed by atoms with van der Waals surface area (Å²) in [4.78, 5) is 24.6. The summed E-state index contributed by atoms with van der Waals surface area (Å²) in [6.07, 6.45) is 78.0. The van der Waals surface area contributed by atoms with Gasteiger partial charge in [0.05, 0.1) is 25.4 Å². The molecule has 0 heterocycles. The zero-order chi connectivity index (χ0) is 52.9. The molecule has 0 saturated heterocycles. The highest BCUT2D eigenvalue weighted by Crippen LogP contribution is 2.18. The van der Waals surface area contributed by atoms with Gasteiger partial charge in [0, 0.05) is 12.8 Å². The van der Waals surface area contributed by atoms with Gasteiger partial charge in [0.15, 0.2) is 0 Å². The quantitative estimate of drug-likeness (QED) is 0.0320. The minimum absolute atomic E-state index is 0.00170. The lowest BCUT2D eigenvalue weighted by molar-refractivity contribution is -0.143. The van der Waals surface area contributed by atoms with Gasteiger partial charge >= 0.3 is 5.97 Å². The fraction of sp³-hybridized carbons (Fsp3) is 0.910. The summed E-state index contributed by atoms with van der Waals surface area (Å²) in [6, 6.07) is -0.631. The number of carbonyl (C=O) groups is 2. The highest BCUT2D eigenvalue weighted by Gasteiger charge is 2.18. The number of nitrogens with one attached hydrogen (secondary N) is 1. The molecule has 0 aliphatic rings. The van der Waals surface area contributed by atoms with Gasteiger partial charge in [-0.25, -0.2) is 0 Å². The lowest BCUT2D eigenvalue weighted by Crippen LogP contribution is -2.45. The Morgan fingerprint density at radius 2 is 0.644 bits per heavy atom. The summed E-state index contributed by atoms with van der Waals surface area (Å²) >= 11 is 0. The topological polar surface area (TPSA) is 95.9 Å². The smallest absolute Gasteiger partial charge is 0.305 e. The standard InChI is InChI=1S/C67H129NO5/c1-3-5-7-9-11-13-15-17-19-21-22-23-25-28-31-35-39-43-47-51-55-59-65(70)64(63-69)68-66(71)60-56-52-48-44-40-36-32-29-26-24-27-30-34-38-42-46-50-54-58-62-73-67(72)61-57-53-49-45-41-37-33-20-18-16-14-12-10-8-6-4-2/h20,33,55,59,64-65,69-70H,3-19,21-32,34-54,56-58,60-63H2,1-2H3,(H,68,71)/b33-20-,59-55+. The van der Waals surface area contributed by atoms with E-state index in [0.29, 0.717) is 19.4 Å². The lowest BCUT2D eigenvalue weighted by atomic mass is 10.0. The van der Waals surface area contributed by atoms with Gasteiger partial charge in [-0.15, -0.1) is 0 Å². The molecule has 0 aromatic heterocycles. The Morgan fingerprint density at radius 1 is 0.370 bits per heavy atom. The number of unbranched alkanes of at least 4 members (excludes halogenated alkanes) is 49. The number of ether oxygens (including phenoxy) is 1. The Morgan fingerprint density at radius 3 is 0.973 bits per heavy atom. The lowest BCUT2D eigenvalue weighted by Gasteiger charge is -2.20. The molecular weight excluding hydrogens is 899 g/mol. The first-order valence-corrected chi connectivity index (χ1v) is 33.1. The average Bonchev–Trinajstić information content (AvgIpc) is 3.39. The Labute approximate surface area is 456 Å². The number of amides is 1. The third kappa shape index (κ3) is 59.4. The molecule has 432 valence electrons. The fourth-order valence-corrected chi connectivity index (χ4v) is 10.4. The first kappa shape index (κ1) is 71.3. The highest BCUT2D eigenvalue weighted by molar-refractivity contribution is 5.76. The molecule has 0 spiro atoms. The molecule has 73 heavy (non-hydrogen) atoms. The van der Waals surface area contributed by atoms with Crippen LogP contribution in [-0.4, -0.2) is 47.4 Å². The largest absolute Gasteiger partial charge is 0.466 e. The van der Waals surface area contributed by atoms with E-state index >= 15 is 0 Å². The van der Waals surface area contributed by atoms with Crippen molar-refractivity contribution in [2.75, 3.05) is 13.2 Å². The minimum Gasteiger partial charge on any atom is -0.466 e. The van der Waals surface area contributed by atoms with E-state index in [4.69, 9.17) is 4.74 Å². The maximum atomic E-state index is 12.5. The number of rotatable bonds is 62. The molecule has 0 radical (unpaired) electrons. The van der Waals surface area contributed by atoms with Gasteiger partial charge in [0.2, 0.25) is 5.91 Å². The van der Waals surface area contributed by atoms with E-state index < -0.39 is 12.1 Å². The van der Waals surface area contributed by atoms with Crippen LogP contribution in [0.4, 0.5) is 0 Å². The van der Waals surface area contributed by atoms with Crippen molar-refractivity contribution < 1.29 is 24.5 Å². The van der Waals surface area contributed by atoms with Crippen LogP contribution in [0.3, 0.4) is 0 Å². The SMILES string of the molecule is CCCCCCCCC/C=C\CCCCCCCC(=O)OCCCCCCCCCCCCCCCCCCCCCC(=O)NC(CO)C(O)/C=C/CCCCCCCCCCCCCCCCCCCCC. The van der Waals surface area contributed by atoms with Crippen molar-refractivity contribution in [1.29, 1.82) is 0 Å². The molecule has 0 aliphatic carbocycles. The Kier molecular flexibility index (Phi) is 61.4. The maximum absolute atomic E-state index is 12.5. The summed E-state index contributed by atoms with van der Waals surface area (Å²) in [5, 5.41) is 23.2. The van der Waals surface area contributed by atoms with Gasteiger partial charge in [0.1, 0.15) is 0 Å². The molecule has 0 rings (SSSR count). The Bertz CT molecular complexity index is 1140. The summed E-state index contributed by atoms with van der Waals surface area (Å²) in [5.41, 5.74) is 0. The molecule has 1 amide bonds. The second kappa shape index (κ2) is 62.9. The third-order valence-corrected chi connectivity index (χ3v) is 15.5. The molecule has 0 aromatic carbocycles. The predicted molar refractivity (Wildman–Crippen MR) is 320 cm³/mol. The van der Waals surface area contributed by atoms with Crippen molar-refractivity contribution in [2.45, 2.75) is 379 Å². The van der Waals surface area contributed by atoms with Crippen LogP contribution in [0, 0.1) is 0 Å². The molecule has 0 bridgehead atoms. The van der Waals surface area contributed by atoms with Crippen molar-refractivity contribution in [2.24, 2.45) is 0 Å². The minimum atomic E-state index is -0.847. The number of aliphatic hydroxyl groups excluding tert-OH is 2. The third-order valence-electron chi connectivity index (χ3n) is 15.5. The number of carbonyl (C=O) groups excluding carboxylic acids is 2. The predicted octanol–water partition coefficient (Wildman–Crippen LogP) is 21.0. The number of allylic oxidation sites excluding steroid dienone is 3. The van der Waals surface area contributed by atoms with Gasteiger partial charge in [-0.1, -0.05) is 321 Å². The molecule has 2 unspecified atom stereocenters. The summed E-state index contributed by atoms with van der Waals surface area (Å²) in [7, 11) is 0. The van der Waals surface area contributed by atoms with Crippen LogP contribution in [0.5, 0.6) is 0 Å². The monoisotopic (exact) mass is 1030 g/mol. The van der Waals surface area contributed by atoms with Gasteiger partial charge in [-0.2, -0.15) is 0 Å². The summed E-state index contributed by atoms with van der Waals surface area (Å²) < 4.78 is 5.49. The van der Waals surface area contributed by atoms with Crippen LogP contribution in [-0.2, 0) is 14.3 Å². The maximum Gasteiger partial charge on any atom is 0.305 e. The van der Waals surface area contributed by atoms with Crippen molar-refractivity contribution in [3.8, 4) is 0 Å². The fourth-order valence-electron chi connectivity index (χ4n) is 10.4. The van der Waals surface area contributed by atoms with Gasteiger partial charge in [0.25, 0.3) is 0 Å². The van der Waals surface area contributed by atoms with E-state index in [2.05, 4.69) is 31.3 Å². The molecule has 6 heteroatoms. The molecule has 0 aliphatic heterocycles. The van der Waals surface area contributed by atoms with Crippen molar-refractivity contribution in [3.63, 3.8) is 0 Å². The van der Waals surface area contributed by atoms with E-state index in [1.807, 2.05) is 6.08 Å². The first-order valence-electron chi connectivity index (χ1n) is 33.1. The molecule has 3 N–H and O–H groups in total. The first-order chi connectivity index (χ1) is 36.0. The number of esters is 1. The molecule has 0 fully saturated rings. The van der Waals surface area contributed by atoms with Crippen LogP contribution in [0.1, 0.15) is 367 Å². The van der Waals surface area contributed by atoms with Gasteiger partial charge in [-0.3, -0.25) is 9.59 Å². The zero-order valence-electron chi connectivity index (χ0n) is 49.4. The molecule has 0 saturated carbocycles. The van der Waals surface area contributed by atoms with E-state index in [1.165, 1.54) is 295 Å². The highest BCUT2D eigenvalue weighted by atomic mass is 16.5. The normalized spacial score (nSPS) is 12.7. The second-order valence-electron chi connectivity index (χ2n) is 22.8. The van der Waals surface area contributed by atoms with Crippen molar-refractivity contribution in [1.82, 2.24) is 5.32 Å². The van der Waals surface area contributed by atoms with Crippen LogP contribution in [0.25, 0.3) is 0 Å². The molecular formula is C67H129NO5. The van der Waals surface area contributed by atoms with E-state index in [9.17, 15) is 19.8 Å². The zero-order valence-corrected chi connectivity index (χ0v) is 49.4. The van der Waals surface area contributed by atoms with E-state index in [0.717, 1.165) is 44.9 Å². The van der Waals surface area contributed by atoms with Crippen LogP contribution in [0.2, 0.25) is 0 Å². The number of hydrogen-bond donors (Lipinski definition) is 3. The van der Waals surface area contributed by atoms with Crippen molar-refractivity contribution >= 4 is 11.9 Å². The van der Waals surface area contributed by atoms with E-state index in [-0.39, 0.29) is 18.5 Å². The van der Waals surface area contributed by atoms with Crippen LogP contribution >= 0.6 is 0 Å². The van der Waals surface area contributed by atoms with E-state index in [1.54, 1.807) is 6.08 Å².